The van der Waals surface area contributed by atoms with Crippen molar-refractivity contribution in [2.75, 3.05) is 6.61 Å². The summed E-state index contributed by atoms with van der Waals surface area (Å²) in [6.45, 7) is 2.86. The zero-order valence-corrected chi connectivity index (χ0v) is 17.9. The van der Waals surface area contributed by atoms with Crippen molar-refractivity contribution in [3.05, 3.63) is 90.8 Å². The first-order chi connectivity index (χ1) is 15.7. The molecular weight excluding hydrogens is 404 g/mol. The van der Waals surface area contributed by atoms with Crippen LogP contribution in [0.3, 0.4) is 0 Å². The van der Waals surface area contributed by atoms with Crippen molar-refractivity contribution in [1.29, 1.82) is 0 Å². The molecule has 32 heavy (non-hydrogen) atoms. The molecule has 7 heteroatoms. The summed E-state index contributed by atoms with van der Waals surface area (Å²) in [5, 5.41) is 5.18. The highest BCUT2D eigenvalue weighted by atomic mass is 16.5. The maximum atomic E-state index is 12.6. The molecule has 0 saturated carbocycles. The number of aromatic amines is 1. The summed E-state index contributed by atoms with van der Waals surface area (Å²) in [6.07, 6.45) is 6.94. The standard InChI is InChI=1S/C25H26N4O3/c1-18(32-16-19-5-3-2-4-6-19)23(29-25(30)24-15-27-17-28-24)10-12-31-22-8-7-20-9-11-26-14-21(20)13-22/h2-9,11,13-15,17-18,23H,10,12,16H2,1H3,(H,27,28)(H,29,30)/t18-,23+/m0/s1. The molecule has 2 N–H and O–H groups in total. The zero-order valence-electron chi connectivity index (χ0n) is 17.9. The number of imidazole rings is 1. The second-order valence-corrected chi connectivity index (χ2v) is 7.57. The minimum absolute atomic E-state index is 0.216. The van der Waals surface area contributed by atoms with Crippen molar-refractivity contribution >= 4 is 16.7 Å². The van der Waals surface area contributed by atoms with Crippen molar-refractivity contribution in [3.8, 4) is 5.75 Å². The Bertz CT molecular complexity index is 1130. The number of pyridine rings is 1. The molecular formula is C25H26N4O3. The smallest absolute Gasteiger partial charge is 0.269 e. The molecule has 0 saturated heterocycles. The zero-order chi connectivity index (χ0) is 22.2. The van der Waals surface area contributed by atoms with Gasteiger partial charge in [0.1, 0.15) is 11.4 Å². The molecule has 7 nitrogen and oxygen atoms in total. The van der Waals surface area contributed by atoms with Crippen molar-refractivity contribution in [2.45, 2.75) is 32.1 Å². The summed E-state index contributed by atoms with van der Waals surface area (Å²) >= 11 is 0. The van der Waals surface area contributed by atoms with Crippen LogP contribution in [0.25, 0.3) is 10.8 Å². The van der Waals surface area contributed by atoms with Crippen molar-refractivity contribution in [3.63, 3.8) is 0 Å². The molecule has 0 aliphatic heterocycles. The molecule has 1 amide bonds. The number of nitrogens with zero attached hydrogens (tertiary/aromatic N) is 2. The third-order valence-corrected chi connectivity index (χ3v) is 5.29. The maximum Gasteiger partial charge on any atom is 0.269 e. The maximum absolute atomic E-state index is 12.6. The van der Waals surface area contributed by atoms with Crippen LogP contribution in [0.2, 0.25) is 0 Å². The molecule has 0 fully saturated rings. The molecule has 0 bridgehead atoms. The Hall–Kier alpha value is -3.71. The number of H-pyrrole nitrogens is 1. The highest BCUT2D eigenvalue weighted by molar-refractivity contribution is 5.92. The number of hydrogen-bond acceptors (Lipinski definition) is 5. The fourth-order valence-corrected chi connectivity index (χ4v) is 3.43. The lowest BCUT2D eigenvalue weighted by Gasteiger charge is -2.25. The number of fused-ring (bicyclic) bond motifs is 1. The molecule has 2 atom stereocenters. The summed E-state index contributed by atoms with van der Waals surface area (Å²) in [4.78, 5) is 23.5. The van der Waals surface area contributed by atoms with Gasteiger partial charge in [-0.1, -0.05) is 36.4 Å². The Kier molecular flexibility index (Phi) is 7.09. The van der Waals surface area contributed by atoms with Gasteiger partial charge in [0.05, 0.1) is 37.9 Å². The summed E-state index contributed by atoms with van der Waals surface area (Å²) in [6, 6.07) is 17.6. The predicted octanol–water partition coefficient (Wildman–Crippen LogP) is 4.13. The van der Waals surface area contributed by atoms with Crippen LogP contribution in [0.5, 0.6) is 5.75 Å². The van der Waals surface area contributed by atoms with Gasteiger partial charge in [-0.3, -0.25) is 9.78 Å². The van der Waals surface area contributed by atoms with Crippen LogP contribution < -0.4 is 10.1 Å². The van der Waals surface area contributed by atoms with Gasteiger partial charge in [-0.15, -0.1) is 0 Å². The molecule has 4 rings (SSSR count). The lowest BCUT2D eigenvalue weighted by Crippen LogP contribution is -2.44. The molecule has 0 aliphatic carbocycles. The first-order valence-corrected chi connectivity index (χ1v) is 10.6. The third kappa shape index (κ3) is 5.70. The van der Waals surface area contributed by atoms with Crippen LogP contribution in [-0.2, 0) is 11.3 Å². The number of aromatic nitrogens is 3. The molecule has 0 aliphatic rings. The van der Waals surface area contributed by atoms with Gasteiger partial charge in [-0.05, 0) is 36.1 Å². The number of amides is 1. The van der Waals surface area contributed by atoms with E-state index in [1.165, 1.54) is 12.5 Å². The van der Waals surface area contributed by atoms with E-state index in [1.807, 2.05) is 67.7 Å². The van der Waals surface area contributed by atoms with E-state index in [9.17, 15) is 4.79 Å². The quantitative estimate of drug-likeness (QED) is 0.395. The third-order valence-electron chi connectivity index (χ3n) is 5.29. The summed E-state index contributed by atoms with van der Waals surface area (Å²) in [5.74, 6) is 0.543. The molecule has 4 aromatic rings. The number of carbonyl (C=O) groups excluding carboxylic acids is 1. The highest BCUT2D eigenvalue weighted by Gasteiger charge is 2.22. The molecule has 2 aromatic carbocycles. The Balaban J connectivity index is 1.38. The van der Waals surface area contributed by atoms with E-state index in [0.717, 1.165) is 22.1 Å². The Labute approximate surface area is 186 Å². The lowest BCUT2D eigenvalue weighted by atomic mass is 10.1. The molecule has 0 unspecified atom stereocenters. The number of hydrogen-bond donors (Lipinski definition) is 2. The van der Waals surface area contributed by atoms with Gasteiger partial charge in [-0.2, -0.15) is 0 Å². The van der Waals surface area contributed by atoms with Gasteiger partial charge in [0.15, 0.2) is 0 Å². The van der Waals surface area contributed by atoms with Gasteiger partial charge < -0.3 is 19.8 Å². The minimum Gasteiger partial charge on any atom is -0.493 e. The summed E-state index contributed by atoms with van der Waals surface area (Å²) in [7, 11) is 0. The Morgan fingerprint density at radius 1 is 1.06 bits per heavy atom. The van der Waals surface area contributed by atoms with Gasteiger partial charge in [0, 0.05) is 24.2 Å². The van der Waals surface area contributed by atoms with Crippen LogP contribution >= 0.6 is 0 Å². The first kappa shape index (κ1) is 21.5. The normalized spacial score (nSPS) is 12.9. The Morgan fingerprint density at radius 3 is 2.75 bits per heavy atom. The number of benzene rings is 2. The highest BCUT2D eigenvalue weighted by Crippen LogP contribution is 2.20. The van der Waals surface area contributed by atoms with Gasteiger partial charge in [-0.25, -0.2) is 4.98 Å². The number of rotatable bonds is 10. The van der Waals surface area contributed by atoms with Crippen molar-refractivity contribution < 1.29 is 14.3 Å². The average Bonchev–Trinajstić information content (AvgIpc) is 3.38. The summed E-state index contributed by atoms with van der Waals surface area (Å²) in [5.41, 5.74) is 1.49. The van der Waals surface area contributed by atoms with E-state index in [4.69, 9.17) is 9.47 Å². The minimum atomic E-state index is -0.239. The van der Waals surface area contributed by atoms with E-state index in [1.54, 1.807) is 6.20 Å². The van der Waals surface area contributed by atoms with E-state index < -0.39 is 0 Å². The first-order valence-electron chi connectivity index (χ1n) is 10.6. The van der Waals surface area contributed by atoms with Crippen LogP contribution in [0, 0.1) is 0 Å². The van der Waals surface area contributed by atoms with Gasteiger partial charge in [0.25, 0.3) is 5.91 Å². The molecule has 164 valence electrons. The molecule has 0 radical (unpaired) electrons. The fourth-order valence-electron chi connectivity index (χ4n) is 3.43. The second kappa shape index (κ2) is 10.5. The van der Waals surface area contributed by atoms with Crippen LogP contribution in [0.15, 0.2) is 79.5 Å². The average molecular weight is 431 g/mol. The van der Waals surface area contributed by atoms with Gasteiger partial charge >= 0.3 is 0 Å². The van der Waals surface area contributed by atoms with E-state index in [0.29, 0.717) is 25.3 Å². The predicted molar refractivity (Wildman–Crippen MR) is 122 cm³/mol. The number of ether oxygens (including phenoxy) is 2. The van der Waals surface area contributed by atoms with E-state index in [-0.39, 0.29) is 18.1 Å². The van der Waals surface area contributed by atoms with Crippen LogP contribution in [-0.4, -0.2) is 39.6 Å². The SMILES string of the molecule is C[C@H](OCc1ccccc1)[C@@H](CCOc1ccc2ccncc2c1)NC(=O)c1cnc[nH]1. The number of nitrogens with one attached hydrogen (secondary N) is 2. The fraction of sp³-hybridized carbons (Fsp3) is 0.240. The molecule has 2 aromatic heterocycles. The molecule has 0 spiro atoms. The summed E-state index contributed by atoms with van der Waals surface area (Å²) < 4.78 is 12.0. The van der Waals surface area contributed by atoms with E-state index >= 15 is 0 Å². The Morgan fingerprint density at radius 2 is 1.94 bits per heavy atom. The van der Waals surface area contributed by atoms with Crippen molar-refractivity contribution in [1.82, 2.24) is 20.3 Å². The van der Waals surface area contributed by atoms with Crippen molar-refractivity contribution in [2.24, 2.45) is 0 Å². The van der Waals surface area contributed by atoms with Gasteiger partial charge in [0.2, 0.25) is 0 Å². The lowest BCUT2D eigenvalue weighted by molar-refractivity contribution is 0.0212. The monoisotopic (exact) mass is 430 g/mol. The van der Waals surface area contributed by atoms with Crippen LogP contribution in [0.4, 0.5) is 0 Å². The number of carbonyl (C=O) groups is 1. The largest absolute Gasteiger partial charge is 0.493 e. The van der Waals surface area contributed by atoms with Crippen LogP contribution in [0.1, 0.15) is 29.4 Å². The topological polar surface area (TPSA) is 89.1 Å². The second-order valence-electron chi connectivity index (χ2n) is 7.57. The van der Waals surface area contributed by atoms with E-state index in [2.05, 4.69) is 20.3 Å². The molecule has 2 heterocycles.